The normalized spacial score (nSPS) is 10.8. The van der Waals surface area contributed by atoms with Crippen molar-refractivity contribution in [3.63, 3.8) is 0 Å². The van der Waals surface area contributed by atoms with Gasteiger partial charge in [-0.1, -0.05) is 53.3 Å². The Morgan fingerprint density at radius 3 is 2.68 bits per heavy atom. The number of ether oxygens (including phenoxy) is 2. The molecule has 4 rings (SSSR count). The number of aromatic nitrogens is 1. The number of thiazole rings is 1. The molecule has 0 saturated heterocycles. The molecule has 0 radical (unpaired) electrons. The molecule has 174 valence electrons. The Morgan fingerprint density at radius 2 is 1.94 bits per heavy atom. The molecule has 0 saturated carbocycles. The van der Waals surface area contributed by atoms with E-state index >= 15 is 0 Å². The molecule has 2 aromatic heterocycles. The molecule has 0 bridgehead atoms. The summed E-state index contributed by atoms with van der Waals surface area (Å²) in [7, 11) is 0. The molecule has 0 atom stereocenters. The van der Waals surface area contributed by atoms with Gasteiger partial charge in [-0.05, 0) is 32.0 Å². The van der Waals surface area contributed by atoms with Crippen LogP contribution in [0.3, 0.4) is 0 Å². The minimum atomic E-state index is -0.561. The van der Waals surface area contributed by atoms with Crippen LogP contribution < -0.4 is 15.5 Å². The van der Waals surface area contributed by atoms with Gasteiger partial charge in [0.05, 0.1) is 17.7 Å². The summed E-state index contributed by atoms with van der Waals surface area (Å²) >= 11 is 7.05. The van der Waals surface area contributed by atoms with Gasteiger partial charge in [0.15, 0.2) is 17.5 Å². The number of halogens is 1. The van der Waals surface area contributed by atoms with Crippen molar-refractivity contribution >= 4 is 50.9 Å². The topological polar surface area (TPSA) is 108 Å². The summed E-state index contributed by atoms with van der Waals surface area (Å²) in [6.07, 6.45) is 0. The highest BCUT2D eigenvalue weighted by atomic mass is 35.5. The lowest BCUT2D eigenvalue weighted by molar-refractivity contribution is -0.118. The maximum atomic E-state index is 13.2. The number of nitrogens with one attached hydrogen (secondary N) is 1. The van der Waals surface area contributed by atoms with Crippen LogP contribution in [-0.2, 0) is 9.53 Å². The van der Waals surface area contributed by atoms with Gasteiger partial charge in [-0.2, -0.15) is 0 Å². The second-order valence-corrected chi connectivity index (χ2v) is 8.52. The average Bonchev–Trinajstić information content (AvgIpc) is 3.19. The lowest BCUT2D eigenvalue weighted by atomic mass is 10.1. The molecule has 2 heterocycles. The molecule has 4 aromatic rings. The molecule has 0 aliphatic heterocycles. The molecule has 0 aliphatic carbocycles. The zero-order valence-electron chi connectivity index (χ0n) is 18.2. The van der Waals surface area contributed by atoms with Crippen LogP contribution in [0, 0.1) is 6.92 Å². The lowest BCUT2D eigenvalue weighted by Gasteiger charge is -2.11. The van der Waals surface area contributed by atoms with E-state index in [1.54, 1.807) is 50.2 Å². The third kappa shape index (κ3) is 4.95. The standard InChI is InChI=1S/C24H19ClN2O6S/c1-3-31-23(30)22-13(2)26-24(34-22)27-18(28)12-32-21-19(29)16-11-15(25)9-10-17(16)33-20(21)14-7-5-4-6-8-14/h4-11H,3,12H2,1-2H3,(H,26,27,28). The Hall–Kier alpha value is -3.69. The predicted molar refractivity (Wildman–Crippen MR) is 130 cm³/mol. The first kappa shape index (κ1) is 23.5. The van der Waals surface area contributed by atoms with Gasteiger partial charge in [-0.3, -0.25) is 14.9 Å². The second kappa shape index (κ2) is 10.1. The number of esters is 1. The first-order valence-electron chi connectivity index (χ1n) is 10.3. The van der Waals surface area contributed by atoms with Crippen LogP contribution in [0.2, 0.25) is 5.02 Å². The summed E-state index contributed by atoms with van der Waals surface area (Å²) in [5.41, 5.74) is 0.944. The summed E-state index contributed by atoms with van der Waals surface area (Å²) in [6.45, 7) is 3.10. The number of aryl methyl sites for hydroxylation is 1. The highest BCUT2D eigenvalue weighted by Gasteiger charge is 2.21. The van der Waals surface area contributed by atoms with Crippen molar-refractivity contribution in [3.8, 4) is 17.1 Å². The quantitative estimate of drug-likeness (QED) is 0.354. The molecule has 0 fully saturated rings. The number of amides is 1. The molecule has 8 nitrogen and oxygen atoms in total. The van der Waals surface area contributed by atoms with Crippen LogP contribution in [0.25, 0.3) is 22.3 Å². The first-order chi connectivity index (χ1) is 16.4. The van der Waals surface area contributed by atoms with Gasteiger partial charge >= 0.3 is 5.97 Å². The first-order valence-corrected chi connectivity index (χ1v) is 11.5. The van der Waals surface area contributed by atoms with Crippen molar-refractivity contribution in [1.82, 2.24) is 4.98 Å². The predicted octanol–water partition coefficient (Wildman–Crippen LogP) is 5.07. The third-order valence-corrected chi connectivity index (χ3v) is 5.99. The molecule has 34 heavy (non-hydrogen) atoms. The van der Waals surface area contributed by atoms with Crippen LogP contribution in [0.1, 0.15) is 22.3 Å². The molecule has 0 unspecified atom stereocenters. The maximum absolute atomic E-state index is 13.2. The number of fused-ring (bicyclic) bond motifs is 1. The molecule has 10 heteroatoms. The maximum Gasteiger partial charge on any atom is 0.350 e. The highest BCUT2D eigenvalue weighted by molar-refractivity contribution is 7.17. The number of hydrogen-bond acceptors (Lipinski definition) is 8. The fraction of sp³-hybridized carbons (Fsp3) is 0.167. The van der Waals surface area contributed by atoms with Gasteiger partial charge in [0.25, 0.3) is 5.91 Å². The van der Waals surface area contributed by atoms with Gasteiger partial charge in [-0.15, -0.1) is 0 Å². The molecule has 2 aromatic carbocycles. The summed E-state index contributed by atoms with van der Waals surface area (Å²) in [6, 6.07) is 13.7. The summed E-state index contributed by atoms with van der Waals surface area (Å²) in [5, 5.41) is 3.40. The molecule has 1 amide bonds. The van der Waals surface area contributed by atoms with Gasteiger partial charge in [-0.25, -0.2) is 9.78 Å². The molecular formula is C24H19ClN2O6S. The van der Waals surface area contributed by atoms with E-state index in [1.807, 2.05) is 6.07 Å². The minimum Gasteiger partial charge on any atom is -0.476 e. The zero-order chi connectivity index (χ0) is 24.2. The molecular weight excluding hydrogens is 480 g/mol. The summed E-state index contributed by atoms with van der Waals surface area (Å²) in [4.78, 5) is 42.2. The van der Waals surface area contributed by atoms with Crippen molar-refractivity contribution in [2.75, 3.05) is 18.5 Å². The molecule has 0 aliphatic rings. The number of nitrogens with zero attached hydrogens (tertiary/aromatic N) is 1. The summed E-state index contributed by atoms with van der Waals surface area (Å²) in [5.74, 6) is -0.982. The van der Waals surface area contributed by atoms with Gasteiger partial charge < -0.3 is 13.9 Å². The number of anilines is 1. The van der Waals surface area contributed by atoms with Gasteiger partial charge in [0, 0.05) is 10.6 Å². The number of rotatable bonds is 7. The highest BCUT2D eigenvalue weighted by Crippen LogP contribution is 2.31. The van der Waals surface area contributed by atoms with Crippen LogP contribution >= 0.6 is 22.9 Å². The van der Waals surface area contributed by atoms with E-state index in [0.29, 0.717) is 26.7 Å². The van der Waals surface area contributed by atoms with Crippen molar-refractivity contribution in [2.45, 2.75) is 13.8 Å². The van der Waals surface area contributed by atoms with Crippen molar-refractivity contribution in [3.05, 3.63) is 74.3 Å². The fourth-order valence-electron chi connectivity index (χ4n) is 3.19. The van der Waals surface area contributed by atoms with Crippen LogP contribution in [-0.4, -0.2) is 30.1 Å². The molecule has 1 N–H and O–H groups in total. The van der Waals surface area contributed by atoms with Crippen LogP contribution in [0.5, 0.6) is 5.75 Å². The van der Waals surface area contributed by atoms with Crippen LogP contribution in [0.15, 0.2) is 57.7 Å². The number of carbonyl (C=O) groups excluding carboxylic acids is 2. The lowest BCUT2D eigenvalue weighted by Crippen LogP contribution is -2.22. The average molecular weight is 499 g/mol. The van der Waals surface area contributed by atoms with Crippen molar-refractivity contribution < 1.29 is 23.5 Å². The van der Waals surface area contributed by atoms with E-state index in [4.69, 9.17) is 25.5 Å². The van der Waals surface area contributed by atoms with Crippen LogP contribution in [0.4, 0.5) is 5.13 Å². The third-order valence-electron chi connectivity index (χ3n) is 4.70. The van der Waals surface area contributed by atoms with E-state index in [9.17, 15) is 14.4 Å². The Balaban J connectivity index is 1.60. The van der Waals surface area contributed by atoms with E-state index in [1.165, 1.54) is 6.07 Å². The number of hydrogen-bond donors (Lipinski definition) is 1. The minimum absolute atomic E-state index is 0.112. The van der Waals surface area contributed by atoms with Gasteiger partial charge in [0.1, 0.15) is 10.5 Å². The second-order valence-electron chi connectivity index (χ2n) is 7.09. The van der Waals surface area contributed by atoms with E-state index < -0.39 is 23.9 Å². The van der Waals surface area contributed by atoms with E-state index in [-0.39, 0.29) is 28.6 Å². The van der Waals surface area contributed by atoms with E-state index in [2.05, 4.69) is 10.3 Å². The Bertz CT molecular complexity index is 1430. The van der Waals surface area contributed by atoms with Gasteiger partial charge in [0.2, 0.25) is 11.2 Å². The monoisotopic (exact) mass is 498 g/mol. The molecule has 0 spiro atoms. The fourth-order valence-corrected chi connectivity index (χ4v) is 4.24. The zero-order valence-corrected chi connectivity index (χ0v) is 19.8. The van der Waals surface area contributed by atoms with Crippen molar-refractivity contribution in [1.29, 1.82) is 0 Å². The number of carbonyl (C=O) groups is 2. The number of benzene rings is 2. The Labute approximate surface area is 203 Å². The smallest absolute Gasteiger partial charge is 0.350 e. The summed E-state index contributed by atoms with van der Waals surface area (Å²) < 4.78 is 16.6. The van der Waals surface area contributed by atoms with E-state index in [0.717, 1.165) is 11.3 Å². The van der Waals surface area contributed by atoms with Crippen molar-refractivity contribution in [2.24, 2.45) is 0 Å². The SMILES string of the molecule is CCOC(=O)c1sc(NC(=O)COc2c(-c3ccccc3)oc3ccc(Cl)cc3c2=O)nc1C. The largest absolute Gasteiger partial charge is 0.476 e. The Morgan fingerprint density at radius 1 is 1.18 bits per heavy atom. The Kier molecular flexibility index (Phi) is 6.95.